The molecule has 0 saturated heterocycles. The van der Waals surface area contributed by atoms with Crippen LogP contribution < -0.4 is 5.32 Å². The summed E-state index contributed by atoms with van der Waals surface area (Å²) in [4.78, 5) is 44.7. The lowest BCUT2D eigenvalue weighted by atomic mass is 10.1. The molecule has 0 spiro atoms. The maximum Gasteiger partial charge on any atom is 0.472 e. The van der Waals surface area contributed by atoms with Crippen LogP contribution in [0.1, 0.15) is 129 Å². The van der Waals surface area contributed by atoms with Gasteiger partial charge in [0.2, 0.25) is 5.91 Å². The summed E-state index contributed by atoms with van der Waals surface area (Å²) in [6.07, 6.45) is 25.2. The summed E-state index contributed by atoms with van der Waals surface area (Å²) in [5.74, 6) is -2.43. The number of rotatable bonds is 30. The van der Waals surface area contributed by atoms with Crippen molar-refractivity contribution in [2.45, 2.75) is 142 Å². The minimum Gasteiger partial charge on any atom is -0.480 e. The number of carbonyl (C=O) groups excluding carboxylic acids is 2. The molecular formula is C32H58NO10P. The van der Waals surface area contributed by atoms with E-state index in [1.54, 1.807) is 0 Å². The van der Waals surface area contributed by atoms with E-state index in [0.29, 0.717) is 12.8 Å². The monoisotopic (exact) mass is 647 g/mol. The fourth-order valence-electron chi connectivity index (χ4n) is 4.09. The van der Waals surface area contributed by atoms with E-state index in [2.05, 4.69) is 45.6 Å². The molecular weight excluding hydrogens is 589 g/mol. The standard InChI is InChI=1S/C32H58NO10P/c1-3-5-7-8-9-10-11-12-13-14-15-16-17-18-19-20-21-22-24-31(36)41-25-28(34)26-42-44(39,40)43-27-29(32(37)38)33-30(35)23-6-4-2/h10-11,13-14,28-29,34H,3-9,12,15-27H2,1-2H3,(H,33,35)(H,37,38)(H,39,40)/b11-10-,14-13-. The largest absolute Gasteiger partial charge is 0.480 e. The first-order chi connectivity index (χ1) is 21.1. The second-order valence-corrected chi connectivity index (χ2v) is 12.5. The van der Waals surface area contributed by atoms with Crippen molar-refractivity contribution in [1.82, 2.24) is 5.32 Å². The normalized spacial score (nSPS) is 14.5. The number of nitrogens with one attached hydrogen (secondary N) is 1. The number of phosphoric ester groups is 1. The molecule has 1 amide bonds. The number of ether oxygens (including phenoxy) is 1. The molecule has 0 aliphatic rings. The molecule has 12 heteroatoms. The lowest BCUT2D eigenvalue weighted by molar-refractivity contribution is -0.147. The molecule has 0 saturated carbocycles. The van der Waals surface area contributed by atoms with Crippen LogP contribution >= 0.6 is 7.82 Å². The van der Waals surface area contributed by atoms with E-state index in [1.165, 1.54) is 51.4 Å². The van der Waals surface area contributed by atoms with Gasteiger partial charge in [0.15, 0.2) is 6.04 Å². The summed E-state index contributed by atoms with van der Waals surface area (Å²) in [6.45, 7) is 2.20. The summed E-state index contributed by atoms with van der Waals surface area (Å²) < 4.78 is 26.3. The zero-order valence-corrected chi connectivity index (χ0v) is 27.9. The number of amides is 1. The van der Waals surface area contributed by atoms with Gasteiger partial charge in [0.05, 0.1) is 13.2 Å². The number of hydrogen-bond donors (Lipinski definition) is 4. The predicted octanol–water partition coefficient (Wildman–Crippen LogP) is 6.77. The number of aliphatic carboxylic acids is 1. The van der Waals surface area contributed by atoms with Crippen molar-refractivity contribution in [3.8, 4) is 0 Å². The Morgan fingerprint density at radius 1 is 0.727 bits per heavy atom. The van der Waals surface area contributed by atoms with Crippen molar-refractivity contribution in [3.05, 3.63) is 24.3 Å². The zero-order valence-electron chi connectivity index (χ0n) is 27.0. The Bertz CT molecular complexity index is 864. The third-order valence-electron chi connectivity index (χ3n) is 6.74. The molecule has 0 aromatic carbocycles. The van der Waals surface area contributed by atoms with Crippen molar-refractivity contribution in [2.24, 2.45) is 0 Å². The van der Waals surface area contributed by atoms with Gasteiger partial charge in [0.1, 0.15) is 12.7 Å². The van der Waals surface area contributed by atoms with Crippen molar-refractivity contribution >= 4 is 25.7 Å². The van der Waals surface area contributed by atoms with Gasteiger partial charge in [-0.1, -0.05) is 95.9 Å². The van der Waals surface area contributed by atoms with E-state index in [0.717, 1.165) is 38.5 Å². The molecule has 0 aliphatic heterocycles. The molecule has 0 radical (unpaired) electrons. The Morgan fingerprint density at radius 2 is 1.27 bits per heavy atom. The minimum atomic E-state index is -4.72. The van der Waals surface area contributed by atoms with Crippen LogP contribution in [0, 0.1) is 0 Å². The van der Waals surface area contributed by atoms with E-state index in [4.69, 9.17) is 4.74 Å². The Morgan fingerprint density at radius 3 is 1.86 bits per heavy atom. The molecule has 0 rings (SSSR count). The molecule has 0 heterocycles. The first-order valence-corrected chi connectivity index (χ1v) is 17.9. The van der Waals surface area contributed by atoms with Gasteiger partial charge in [-0.25, -0.2) is 9.36 Å². The van der Waals surface area contributed by atoms with Crippen LogP contribution in [0.3, 0.4) is 0 Å². The summed E-state index contributed by atoms with van der Waals surface area (Å²) in [5.41, 5.74) is 0. The molecule has 4 N–H and O–H groups in total. The number of aliphatic hydroxyl groups excluding tert-OH is 1. The second kappa shape index (κ2) is 28.4. The summed E-state index contributed by atoms with van der Waals surface area (Å²) >= 11 is 0. The predicted molar refractivity (Wildman–Crippen MR) is 171 cm³/mol. The average Bonchev–Trinajstić information content (AvgIpc) is 2.99. The highest BCUT2D eigenvalue weighted by Crippen LogP contribution is 2.43. The highest BCUT2D eigenvalue weighted by molar-refractivity contribution is 7.47. The Balaban J connectivity index is 3.82. The fraction of sp³-hybridized carbons (Fsp3) is 0.781. The third-order valence-corrected chi connectivity index (χ3v) is 7.69. The van der Waals surface area contributed by atoms with Crippen LogP contribution in [0.5, 0.6) is 0 Å². The summed E-state index contributed by atoms with van der Waals surface area (Å²) in [5, 5.41) is 21.3. The Kier molecular flexibility index (Phi) is 27.1. The van der Waals surface area contributed by atoms with E-state index in [1.807, 2.05) is 6.92 Å². The van der Waals surface area contributed by atoms with Crippen LogP contribution in [-0.4, -0.2) is 64.9 Å². The number of carboxylic acid groups (broad SMARTS) is 1. The van der Waals surface area contributed by atoms with Gasteiger partial charge >= 0.3 is 19.8 Å². The molecule has 0 aromatic rings. The van der Waals surface area contributed by atoms with Gasteiger partial charge in [0, 0.05) is 12.8 Å². The molecule has 0 aromatic heterocycles. The smallest absolute Gasteiger partial charge is 0.472 e. The maximum atomic E-state index is 12.0. The van der Waals surface area contributed by atoms with E-state index < -0.39 is 57.6 Å². The number of unbranched alkanes of at least 4 members (excludes halogenated alkanes) is 12. The summed E-state index contributed by atoms with van der Waals surface area (Å²) in [7, 11) is -4.72. The Hall–Kier alpha value is -2.04. The third kappa shape index (κ3) is 27.5. The topological polar surface area (TPSA) is 169 Å². The number of allylic oxidation sites excluding steroid dienone is 4. The van der Waals surface area contributed by atoms with Crippen LogP contribution in [0.25, 0.3) is 0 Å². The SMILES string of the molecule is CCCCCC/C=C\C/C=C\CCCCCCCCCC(=O)OCC(O)COP(=O)(O)OCC(NC(=O)CCCC)C(=O)O. The number of phosphoric acid groups is 1. The highest BCUT2D eigenvalue weighted by Gasteiger charge is 2.28. The molecule has 44 heavy (non-hydrogen) atoms. The van der Waals surface area contributed by atoms with E-state index in [-0.39, 0.29) is 12.8 Å². The number of carboxylic acids is 1. The van der Waals surface area contributed by atoms with Crippen molar-refractivity contribution < 1.29 is 47.8 Å². The van der Waals surface area contributed by atoms with E-state index >= 15 is 0 Å². The van der Waals surface area contributed by atoms with E-state index in [9.17, 15) is 34.1 Å². The van der Waals surface area contributed by atoms with Crippen LogP contribution in [-0.2, 0) is 32.7 Å². The van der Waals surface area contributed by atoms with Gasteiger partial charge < -0.3 is 25.2 Å². The van der Waals surface area contributed by atoms with Gasteiger partial charge in [0.25, 0.3) is 0 Å². The van der Waals surface area contributed by atoms with Gasteiger partial charge in [-0.3, -0.25) is 18.6 Å². The molecule has 256 valence electrons. The van der Waals surface area contributed by atoms with Crippen LogP contribution in [0.15, 0.2) is 24.3 Å². The Labute approximate surface area is 264 Å². The number of hydrogen-bond acceptors (Lipinski definition) is 8. The zero-order chi connectivity index (χ0) is 32.9. The molecule has 0 bridgehead atoms. The number of esters is 1. The fourth-order valence-corrected chi connectivity index (χ4v) is 4.86. The van der Waals surface area contributed by atoms with Crippen molar-refractivity contribution in [3.63, 3.8) is 0 Å². The van der Waals surface area contributed by atoms with Crippen molar-refractivity contribution in [1.29, 1.82) is 0 Å². The highest BCUT2D eigenvalue weighted by atomic mass is 31.2. The molecule has 0 fully saturated rings. The average molecular weight is 648 g/mol. The molecule has 3 unspecified atom stereocenters. The number of aliphatic hydroxyl groups is 1. The van der Waals surface area contributed by atoms with Gasteiger partial charge in [-0.15, -0.1) is 0 Å². The summed E-state index contributed by atoms with van der Waals surface area (Å²) in [6, 6.07) is -1.54. The van der Waals surface area contributed by atoms with Gasteiger partial charge in [-0.2, -0.15) is 0 Å². The maximum absolute atomic E-state index is 12.0. The second-order valence-electron chi connectivity index (χ2n) is 11.0. The van der Waals surface area contributed by atoms with Crippen molar-refractivity contribution in [2.75, 3.05) is 19.8 Å². The number of carbonyl (C=O) groups is 3. The minimum absolute atomic E-state index is 0.120. The van der Waals surface area contributed by atoms with Crippen LogP contribution in [0.4, 0.5) is 0 Å². The molecule has 0 aliphatic carbocycles. The lowest BCUT2D eigenvalue weighted by Gasteiger charge is -2.18. The van der Waals surface area contributed by atoms with Crippen LogP contribution in [0.2, 0.25) is 0 Å². The quantitative estimate of drug-likeness (QED) is 0.0283. The first kappa shape index (κ1) is 42.0. The lowest BCUT2D eigenvalue weighted by Crippen LogP contribution is -2.43. The van der Waals surface area contributed by atoms with Gasteiger partial charge in [-0.05, 0) is 44.9 Å². The molecule has 11 nitrogen and oxygen atoms in total. The molecule has 3 atom stereocenters. The first-order valence-electron chi connectivity index (χ1n) is 16.4.